The number of hydrogen-bond acceptors (Lipinski definition) is 14. The fraction of sp³-hybridized carbons (Fsp3) is 0.951. The van der Waals surface area contributed by atoms with Gasteiger partial charge in [-0.2, -0.15) is 0 Å². The summed E-state index contributed by atoms with van der Waals surface area (Å²) in [6.45, 7) is 13.7. The number of hydrogen-bond donors (Lipinski definition) is 10. The molecule has 2 aliphatic heterocycles. The molecule has 10 N–H and O–H groups in total. The molecule has 14 nitrogen and oxygen atoms in total. The Morgan fingerprint density at radius 1 is 0.745 bits per heavy atom. The molecule has 0 spiro atoms. The van der Waals surface area contributed by atoms with Gasteiger partial charge in [0.25, 0.3) is 0 Å². The molecule has 0 aromatic carbocycles. The third kappa shape index (κ3) is 7.14. The van der Waals surface area contributed by atoms with Gasteiger partial charge >= 0.3 is 0 Å². The summed E-state index contributed by atoms with van der Waals surface area (Å²) >= 11 is 0. The van der Waals surface area contributed by atoms with Crippen LogP contribution in [0, 0.1) is 45.3 Å². The van der Waals surface area contributed by atoms with Gasteiger partial charge in [-0.25, -0.2) is 0 Å². The van der Waals surface area contributed by atoms with Crippen molar-refractivity contribution >= 4 is 0 Å². The maximum atomic E-state index is 12.1. The summed E-state index contributed by atoms with van der Waals surface area (Å²) in [5, 5.41) is 107. The fourth-order valence-corrected chi connectivity index (χ4v) is 13.2. The second-order valence-electron chi connectivity index (χ2n) is 19.7. The predicted octanol–water partition coefficient (Wildman–Crippen LogP) is 1.64. The van der Waals surface area contributed by atoms with Crippen LogP contribution >= 0.6 is 0 Å². The maximum absolute atomic E-state index is 12.1. The highest BCUT2D eigenvalue weighted by atomic mass is 16.8. The van der Waals surface area contributed by atoms with Crippen molar-refractivity contribution in [1.82, 2.24) is 0 Å². The van der Waals surface area contributed by atoms with Crippen molar-refractivity contribution in [3.05, 3.63) is 11.8 Å². The number of fused-ring (bicyclic) bond motifs is 5. The van der Waals surface area contributed by atoms with E-state index in [-0.39, 0.29) is 45.7 Å². The third-order valence-corrected chi connectivity index (χ3v) is 16.5. The standard InChI is InChI=1S/C41H70O14/c1-20(44)9-8-13-41(7,51)21-10-15-40(6)28(21)22(45)17-26-38(4)14-12-27(37(2,3)25(38)11-16-39(26,40)5)54-36-34(32(49)30(47)24(19-43)53-36)55-35-33(50)31(48)29(46)23(18-42)52-35/h9,21-36,42-51H,8,10-19H2,1-7H3/b20-9+/t21-,22+,23+,24+,25-,26+,27-,28-,29+,30+,31-,32-,33+,34+,35-,36+,38-,39+,40+,41?/m0/s1. The molecule has 0 amide bonds. The van der Waals surface area contributed by atoms with Gasteiger partial charge in [-0.1, -0.05) is 34.6 Å². The number of rotatable bonds is 10. The van der Waals surface area contributed by atoms with Gasteiger partial charge in [-0.05, 0) is 123 Å². The molecule has 6 fully saturated rings. The van der Waals surface area contributed by atoms with Crippen LogP contribution in [0.25, 0.3) is 0 Å². The predicted molar refractivity (Wildman–Crippen MR) is 198 cm³/mol. The van der Waals surface area contributed by atoms with E-state index in [2.05, 4.69) is 34.6 Å². The zero-order valence-corrected chi connectivity index (χ0v) is 33.7. The smallest absolute Gasteiger partial charge is 0.187 e. The van der Waals surface area contributed by atoms with Gasteiger partial charge in [-0.3, -0.25) is 0 Å². The van der Waals surface area contributed by atoms with E-state index in [0.29, 0.717) is 25.7 Å². The van der Waals surface area contributed by atoms with E-state index in [1.807, 2.05) is 6.92 Å². The van der Waals surface area contributed by atoms with Crippen LogP contribution < -0.4 is 0 Å². The maximum Gasteiger partial charge on any atom is 0.187 e. The van der Waals surface area contributed by atoms with Gasteiger partial charge in [0.2, 0.25) is 0 Å². The molecule has 6 rings (SSSR count). The lowest BCUT2D eigenvalue weighted by atomic mass is 9.35. The Bertz CT molecular complexity index is 1370. The number of aliphatic hydroxyl groups is 10. The van der Waals surface area contributed by atoms with E-state index in [0.717, 1.165) is 32.1 Å². The van der Waals surface area contributed by atoms with Crippen molar-refractivity contribution < 1.29 is 70.0 Å². The van der Waals surface area contributed by atoms with E-state index in [1.54, 1.807) is 13.0 Å². The van der Waals surface area contributed by atoms with E-state index in [9.17, 15) is 51.1 Å². The molecule has 318 valence electrons. The molecule has 0 radical (unpaired) electrons. The molecule has 2 heterocycles. The summed E-state index contributed by atoms with van der Waals surface area (Å²) in [6, 6.07) is 0. The molecule has 0 aromatic heterocycles. The first kappa shape index (κ1) is 43.6. The van der Waals surface area contributed by atoms with Gasteiger partial charge in [0.15, 0.2) is 12.6 Å². The van der Waals surface area contributed by atoms with Crippen LogP contribution in [0.15, 0.2) is 11.8 Å². The number of allylic oxidation sites excluding steroid dienone is 2. The zero-order chi connectivity index (χ0) is 40.6. The van der Waals surface area contributed by atoms with Crippen LogP contribution in [0.2, 0.25) is 0 Å². The van der Waals surface area contributed by atoms with Gasteiger partial charge in [0.05, 0.1) is 36.8 Å². The first-order valence-electron chi connectivity index (χ1n) is 20.6. The molecule has 20 atom stereocenters. The van der Waals surface area contributed by atoms with E-state index < -0.39 is 97.8 Å². The van der Waals surface area contributed by atoms with Gasteiger partial charge in [0, 0.05) is 0 Å². The van der Waals surface area contributed by atoms with E-state index in [1.165, 1.54) is 0 Å². The molecule has 1 unspecified atom stereocenters. The van der Waals surface area contributed by atoms with Crippen molar-refractivity contribution in [2.45, 2.75) is 185 Å². The average Bonchev–Trinajstić information content (AvgIpc) is 3.50. The average molecular weight is 787 g/mol. The minimum atomic E-state index is -1.76. The van der Waals surface area contributed by atoms with Crippen molar-refractivity contribution in [2.24, 2.45) is 45.3 Å². The Morgan fingerprint density at radius 2 is 1.35 bits per heavy atom. The molecule has 0 bridgehead atoms. The molecule has 4 saturated carbocycles. The van der Waals surface area contributed by atoms with E-state index >= 15 is 0 Å². The Hall–Kier alpha value is -0.980. The third-order valence-electron chi connectivity index (χ3n) is 16.5. The quantitative estimate of drug-likeness (QED) is 0.112. The highest BCUT2D eigenvalue weighted by molar-refractivity contribution is 5.20. The molecule has 55 heavy (non-hydrogen) atoms. The minimum Gasteiger partial charge on any atom is -0.513 e. The SMILES string of the molecule is C/C(O)=C\CCC(C)(O)[C@H]1CC[C@]2(C)[C@@H]1[C@H](O)C[C@@H]1[C@@]3(C)CC[C@H](O[C@H]4O[C@H](CO)[C@@H](O)[C@H](O)[C@H]4O[C@@H]4O[C@H](CO)[C@@H](O)[C@H](O)[C@H]4O)C(C)(C)[C@@H]3CC[C@]12C. The lowest BCUT2D eigenvalue weighted by molar-refractivity contribution is -0.378. The lowest BCUT2D eigenvalue weighted by Crippen LogP contribution is -2.68. The lowest BCUT2D eigenvalue weighted by Gasteiger charge is -2.70. The Morgan fingerprint density at radius 3 is 1.96 bits per heavy atom. The molecular formula is C41H70O14. The van der Waals surface area contributed by atoms with E-state index in [4.69, 9.17) is 18.9 Å². The van der Waals surface area contributed by atoms with Crippen LogP contribution in [0.5, 0.6) is 0 Å². The molecule has 6 aliphatic rings. The van der Waals surface area contributed by atoms with Crippen LogP contribution in [0.1, 0.15) is 106 Å². The largest absolute Gasteiger partial charge is 0.513 e. The Labute approximate surface area is 325 Å². The van der Waals surface area contributed by atoms with Crippen LogP contribution in [-0.2, 0) is 18.9 Å². The minimum absolute atomic E-state index is 0.0545. The van der Waals surface area contributed by atoms with Crippen molar-refractivity contribution in [2.75, 3.05) is 13.2 Å². The molecular weight excluding hydrogens is 716 g/mol. The molecule has 0 aromatic rings. The Balaban J connectivity index is 1.23. The number of aliphatic hydroxyl groups excluding tert-OH is 9. The fourth-order valence-electron chi connectivity index (χ4n) is 13.2. The second kappa shape index (κ2) is 15.6. The van der Waals surface area contributed by atoms with Crippen LogP contribution in [0.4, 0.5) is 0 Å². The van der Waals surface area contributed by atoms with Crippen LogP contribution in [-0.4, -0.2) is 143 Å². The summed E-state index contributed by atoms with van der Waals surface area (Å²) in [4.78, 5) is 0. The highest BCUT2D eigenvalue weighted by Gasteiger charge is 2.71. The second-order valence-corrected chi connectivity index (χ2v) is 19.7. The van der Waals surface area contributed by atoms with Crippen molar-refractivity contribution in [3.8, 4) is 0 Å². The van der Waals surface area contributed by atoms with Gasteiger partial charge in [-0.15, -0.1) is 0 Å². The molecule has 4 aliphatic carbocycles. The molecule has 2 saturated heterocycles. The Kier molecular flexibility index (Phi) is 12.3. The highest BCUT2D eigenvalue weighted by Crippen LogP contribution is 2.76. The summed E-state index contributed by atoms with van der Waals surface area (Å²) in [5.74, 6) is 0.486. The first-order chi connectivity index (χ1) is 25.6. The van der Waals surface area contributed by atoms with Gasteiger partial charge in [0.1, 0.15) is 48.8 Å². The summed E-state index contributed by atoms with van der Waals surface area (Å²) in [7, 11) is 0. The monoisotopic (exact) mass is 786 g/mol. The van der Waals surface area contributed by atoms with Crippen molar-refractivity contribution in [1.29, 1.82) is 0 Å². The summed E-state index contributed by atoms with van der Waals surface area (Å²) < 4.78 is 24.3. The molecule has 14 heteroatoms. The normalized spacial score (nSPS) is 52.5. The van der Waals surface area contributed by atoms with Crippen LogP contribution in [0.3, 0.4) is 0 Å². The zero-order valence-electron chi connectivity index (χ0n) is 33.7. The summed E-state index contributed by atoms with van der Waals surface area (Å²) in [5.41, 5.74) is -1.90. The van der Waals surface area contributed by atoms with Crippen molar-refractivity contribution in [3.63, 3.8) is 0 Å². The first-order valence-corrected chi connectivity index (χ1v) is 20.6. The summed E-state index contributed by atoms with van der Waals surface area (Å²) in [6.07, 6.45) is -7.76. The number of ether oxygens (including phenoxy) is 4. The van der Waals surface area contributed by atoms with Gasteiger partial charge < -0.3 is 70.0 Å². The topological polar surface area (TPSA) is 239 Å².